The number of aromatic nitrogens is 2. The average molecular weight is 455 g/mol. The first kappa shape index (κ1) is 18.4. The van der Waals surface area contributed by atoms with Crippen molar-refractivity contribution in [1.82, 2.24) is 20.4 Å². The lowest BCUT2D eigenvalue weighted by molar-refractivity contribution is 0.0848. The number of aryl methyl sites for hydroxylation is 1. The first-order chi connectivity index (χ1) is 13.5. The number of hydrogen-bond donors (Lipinski definition) is 2. The number of hydrazine groups is 1. The fourth-order valence-corrected chi connectivity index (χ4v) is 4.23. The number of hydrogen-bond acceptors (Lipinski definition) is 4. The van der Waals surface area contributed by atoms with Gasteiger partial charge in [0.15, 0.2) is 5.82 Å². The molecule has 2 aromatic carbocycles. The van der Waals surface area contributed by atoms with E-state index in [4.69, 9.17) is 0 Å². The van der Waals surface area contributed by atoms with Crippen LogP contribution < -0.4 is 10.9 Å². The summed E-state index contributed by atoms with van der Waals surface area (Å²) in [5, 5.41) is 0. The normalized spacial score (nSPS) is 10.8. The van der Waals surface area contributed by atoms with E-state index in [1.54, 1.807) is 24.3 Å². The summed E-state index contributed by atoms with van der Waals surface area (Å²) in [6.07, 6.45) is 0. The average Bonchev–Trinajstić information content (AvgIpc) is 3.31. The molecule has 6 nitrogen and oxygen atoms in total. The Balaban J connectivity index is 1.49. The molecule has 140 valence electrons. The van der Waals surface area contributed by atoms with E-state index in [9.17, 15) is 9.59 Å². The van der Waals surface area contributed by atoms with Gasteiger partial charge in [-0.3, -0.25) is 20.4 Å². The van der Waals surface area contributed by atoms with E-state index in [2.05, 4.69) is 31.8 Å². The van der Waals surface area contributed by atoms with Crippen molar-refractivity contribution in [3.63, 3.8) is 0 Å². The number of nitrogens with one attached hydrogen (secondary N) is 2. The monoisotopic (exact) mass is 454 g/mol. The molecule has 4 aromatic rings. The van der Waals surface area contributed by atoms with E-state index in [1.807, 2.05) is 48.0 Å². The number of carbonyl (C=O) groups excluding carboxylic acids is 2. The number of imidazole rings is 1. The summed E-state index contributed by atoms with van der Waals surface area (Å²) >= 11 is 4.64. The van der Waals surface area contributed by atoms with Crippen molar-refractivity contribution >= 4 is 50.1 Å². The maximum atomic E-state index is 12.4. The maximum Gasteiger partial charge on any atom is 0.279 e. The van der Waals surface area contributed by atoms with Crippen LogP contribution in [0, 0.1) is 0 Å². The van der Waals surface area contributed by atoms with Gasteiger partial charge in [0.1, 0.15) is 0 Å². The molecule has 0 unspecified atom stereocenters. The highest BCUT2D eigenvalue weighted by molar-refractivity contribution is 9.10. The molecular formula is C20H15BrN4O2S. The van der Waals surface area contributed by atoms with E-state index in [-0.39, 0.29) is 5.91 Å². The molecule has 0 spiro atoms. The molecule has 0 bridgehead atoms. The van der Waals surface area contributed by atoms with Crippen molar-refractivity contribution < 1.29 is 9.59 Å². The Labute approximate surface area is 173 Å². The summed E-state index contributed by atoms with van der Waals surface area (Å²) in [6.45, 7) is 0. The van der Waals surface area contributed by atoms with Crippen LogP contribution in [0.2, 0.25) is 0 Å². The van der Waals surface area contributed by atoms with E-state index < -0.39 is 5.91 Å². The minimum atomic E-state index is -0.395. The summed E-state index contributed by atoms with van der Waals surface area (Å²) in [5.74, 6) is 0.0193. The molecule has 0 atom stereocenters. The Morgan fingerprint density at radius 1 is 0.964 bits per heavy atom. The molecule has 2 aromatic heterocycles. The van der Waals surface area contributed by atoms with Gasteiger partial charge in [-0.15, -0.1) is 11.3 Å². The van der Waals surface area contributed by atoms with Gasteiger partial charge in [-0.2, -0.15) is 0 Å². The van der Waals surface area contributed by atoms with Gasteiger partial charge in [0.2, 0.25) is 0 Å². The van der Waals surface area contributed by atoms with Crippen molar-refractivity contribution in [2.75, 3.05) is 0 Å². The van der Waals surface area contributed by atoms with Crippen LogP contribution in [0.3, 0.4) is 0 Å². The molecular weight excluding hydrogens is 440 g/mol. The summed E-state index contributed by atoms with van der Waals surface area (Å²) < 4.78 is 2.65. The molecule has 2 N–H and O–H groups in total. The van der Waals surface area contributed by atoms with Crippen LogP contribution in [0.25, 0.3) is 21.7 Å². The Kier molecular flexibility index (Phi) is 4.97. The largest absolute Gasteiger partial charge is 0.326 e. The van der Waals surface area contributed by atoms with Crippen LogP contribution in [0.15, 0.2) is 65.1 Å². The lowest BCUT2D eigenvalue weighted by Crippen LogP contribution is -2.41. The smallest absolute Gasteiger partial charge is 0.279 e. The summed E-state index contributed by atoms with van der Waals surface area (Å²) in [5.41, 5.74) is 7.26. The predicted molar refractivity (Wildman–Crippen MR) is 113 cm³/mol. The number of halogens is 1. The topological polar surface area (TPSA) is 76.0 Å². The third kappa shape index (κ3) is 3.44. The molecule has 0 aliphatic rings. The van der Waals surface area contributed by atoms with E-state index in [1.165, 1.54) is 11.3 Å². The molecule has 0 saturated heterocycles. The number of nitrogens with zero attached hydrogens (tertiary/aromatic N) is 2. The Morgan fingerprint density at radius 3 is 2.46 bits per heavy atom. The minimum absolute atomic E-state index is 0.379. The highest BCUT2D eigenvalue weighted by Gasteiger charge is 2.16. The SMILES string of the molecule is Cn1c(-c2ccc(C(=O)NNC(=O)c3ccccc3Br)s2)nc2ccccc21. The number of fused-ring (bicyclic) bond motifs is 1. The van der Waals surface area contributed by atoms with Crippen LogP contribution in [-0.4, -0.2) is 21.4 Å². The number of amides is 2. The predicted octanol–water partition coefficient (Wildman–Crippen LogP) is 4.14. The quantitative estimate of drug-likeness (QED) is 0.456. The van der Waals surface area contributed by atoms with Crippen molar-refractivity contribution in [1.29, 1.82) is 0 Å². The zero-order valence-electron chi connectivity index (χ0n) is 14.8. The van der Waals surface area contributed by atoms with Gasteiger partial charge in [-0.1, -0.05) is 24.3 Å². The standard InChI is InChI=1S/C20H15BrN4O2S/c1-25-15-9-5-4-8-14(15)22-18(25)16-10-11-17(28-16)20(27)24-23-19(26)12-6-2-3-7-13(12)21/h2-11H,1H3,(H,23,26)(H,24,27). The van der Waals surface area contributed by atoms with E-state index in [0.29, 0.717) is 14.9 Å². The highest BCUT2D eigenvalue weighted by atomic mass is 79.9. The van der Waals surface area contributed by atoms with Gasteiger partial charge in [-0.25, -0.2) is 4.98 Å². The van der Waals surface area contributed by atoms with Crippen molar-refractivity contribution in [3.05, 3.63) is 75.6 Å². The molecule has 2 heterocycles. The van der Waals surface area contributed by atoms with Crippen LogP contribution in [0.1, 0.15) is 20.0 Å². The van der Waals surface area contributed by atoms with Gasteiger partial charge < -0.3 is 4.57 Å². The van der Waals surface area contributed by atoms with Gasteiger partial charge >= 0.3 is 0 Å². The Hall–Kier alpha value is -2.97. The first-order valence-electron chi connectivity index (χ1n) is 8.41. The zero-order chi connectivity index (χ0) is 19.7. The zero-order valence-corrected chi connectivity index (χ0v) is 17.2. The molecule has 0 radical (unpaired) electrons. The van der Waals surface area contributed by atoms with Crippen molar-refractivity contribution in [2.45, 2.75) is 0 Å². The van der Waals surface area contributed by atoms with Gasteiger partial charge in [0, 0.05) is 11.5 Å². The van der Waals surface area contributed by atoms with Crippen LogP contribution >= 0.6 is 27.3 Å². The Morgan fingerprint density at radius 2 is 1.68 bits per heavy atom. The van der Waals surface area contributed by atoms with Crippen LogP contribution in [-0.2, 0) is 7.05 Å². The third-order valence-corrected chi connectivity index (χ3v) is 6.02. The second kappa shape index (κ2) is 7.57. The first-order valence-corrected chi connectivity index (χ1v) is 10.0. The lowest BCUT2D eigenvalue weighted by atomic mass is 10.2. The molecule has 2 amide bonds. The second-order valence-electron chi connectivity index (χ2n) is 6.04. The van der Waals surface area contributed by atoms with Crippen molar-refractivity contribution in [3.8, 4) is 10.7 Å². The number of para-hydroxylation sites is 2. The fourth-order valence-electron chi connectivity index (χ4n) is 2.83. The summed E-state index contributed by atoms with van der Waals surface area (Å²) in [6, 6.07) is 18.4. The second-order valence-corrected chi connectivity index (χ2v) is 7.97. The molecule has 28 heavy (non-hydrogen) atoms. The van der Waals surface area contributed by atoms with Gasteiger partial charge in [0.05, 0.1) is 26.4 Å². The number of rotatable bonds is 3. The Bertz CT molecular complexity index is 1200. The maximum absolute atomic E-state index is 12.4. The molecule has 4 rings (SSSR count). The van der Waals surface area contributed by atoms with Crippen LogP contribution in [0.5, 0.6) is 0 Å². The molecule has 0 aliphatic heterocycles. The lowest BCUT2D eigenvalue weighted by Gasteiger charge is -2.07. The third-order valence-electron chi connectivity index (χ3n) is 4.25. The number of carbonyl (C=O) groups is 2. The molecule has 0 fully saturated rings. The van der Waals surface area contributed by atoms with Gasteiger partial charge in [0.25, 0.3) is 11.8 Å². The molecule has 0 saturated carbocycles. The van der Waals surface area contributed by atoms with E-state index in [0.717, 1.165) is 21.7 Å². The number of thiophene rings is 1. The highest BCUT2D eigenvalue weighted by Crippen LogP contribution is 2.29. The van der Waals surface area contributed by atoms with Crippen LogP contribution in [0.4, 0.5) is 0 Å². The fraction of sp³-hybridized carbons (Fsp3) is 0.0500. The molecule has 0 aliphatic carbocycles. The van der Waals surface area contributed by atoms with Crippen molar-refractivity contribution in [2.24, 2.45) is 7.05 Å². The van der Waals surface area contributed by atoms with Gasteiger partial charge in [-0.05, 0) is 52.3 Å². The van der Waals surface area contributed by atoms with E-state index >= 15 is 0 Å². The molecule has 8 heteroatoms. The number of benzene rings is 2. The minimum Gasteiger partial charge on any atom is -0.326 e. The summed E-state index contributed by atoms with van der Waals surface area (Å²) in [4.78, 5) is 30.6. The summed E-state index contributed by atoms with van der Waals surface area (Å²) in [7, 11) is 1.95.